The van der Waals surface area contributed by atoms with Gasteiger partial charge < -0.3 is 5.21 Å². The quantitative estimate of drug-likeness (QED) is 0.363. The van der Waals surface area contributed by atoms with Crippen LogP contribution in [0.2, 0.25) is 0 Å². The molecule has 0 saturated carbocycles. The van der Waals surface area contributed by atoms with Gasteiger partial charge in [-0.25, -0.2) is 0 Å². The van der Waals surface area contributed by atoms with Gasteiger partial charge in [0, 0.05) is 5.01 Å². The predicted octanol–water partition coefficient (Wildman–Crippen LogP) is 5.13. The second-order valence-corrected chi connectivity index (χ2v) is 4.18. The summed E-state index contributed by atoms with van der Waals surface area (Å²) in [6, 6.07) is 2.44. The van der Waals surface area contributed by atoms with Crippen LogP contribution >= 0.6 is 0 Å². The van der Waals surface area contributed by atoms with Gasteiger partial charge >= 0.3 is 0 Å². The summed E-state index contributed by atoms with van der Waals surface area (Å²) in [6.07, 6.45) is 14.0. The molecular weight excluding hydrogens is 186 g/mol. The topological polar surface area (TPSA) is 27.4 Å². The molecule has 0 N–H and O–H groups in total. The highest BCUT2D eigenvalue weighted by Gasteiger charge is 1.92. The largest absolute Gasteiger partial charge is 0.498 e. The zero-order chi connectivity index (χ0) is 11.2. The lowest BCUT2D eigenvalue weighted by molar-refractivity contribution is 0.558. The Labute approximate surface area is 94.5 Å². The molecule has 0 aromatic rings. The molecule has 0 aromatic carbocycles. The molecule has 2 heteroatoms. The maximum atomic E-state index is 9.70. The Morgan fingerprint density at radius 2 is 1.27 bits per heavy atom. The molecule has 0 radical (unpaired) electrons. The summed E-state index contributed by atoms with van der Waals surface area (Å²) in [6.45, 7) is 2.25. The third-order valence-electron chi connectivity index (χ3n) is 2.71. The van der Waals surface area contributed by atoms with E-state index in [0.29, 0.717) is 0 Å². The summed E-state index contributed by atoms with van der Waals surface area (Å²) in [4.78, 5) is 0. The summed E-state index contributed by atoms with van der Waals surface area (Å²) >= 11 is 0. The molecule has 0 saturated heterocycles. The van der Waals surface area contributed by atoms with Crippen LogP contribution in [-0.4, -0.2) is 0 Å². The standard InChI is InChI=1S/C13H25NO/c1-2-3-4-5-6-7-8-9-10-11-12-13-14-15/h2-12H2,1H3. The van der Waals surface area contributed by atoms with Crippen LogP contribution in [-0.2, 0) is 0 Å². The zero-order valence-electron chi connectivity index (χ0n) is 10.1. The highest BCUT2D eigenvalue weighted by Crippen LogP contribution is 2.10. The Kier molecular flexibility index (Phi) is 12.7. The zero-order valence-corrected chi connectivity index (χ0v) is 10.1. The van der Waals surface area contributed by atoms with Gasteiger partial charge in [-0.05, 0) is 6.42 Å². The van der Waals surface area contributed by atoms with Gasteiger partial charge in [0.05, 0.1) is 6.42 Å². The van der Waals surface area contributed by atoms with E-state index in [1.165, 1.54) is 57.8 Å². The number of nitrogens with zero attached hydrogens (tertiary/aromatic N) is 1. The van der Waals surface area contributed by atoms with Crippen LogP contribution in [0.15, 0.2) is 0 Å². The molecule has 0 aliphatic carbocycles. The lowest BCUT2D eigenvalue weighted by atomic mass is 10.1. The average Bonchev–Trinajstić information content (AvgIpc) is 2.26. The van der Waals surface area contributed by atoms with Gasteiger partial charge in [0.2, 0.25) is 0 Å². The monoisotopic (exact) mass is 211 g/mol. The fourth-order valence-electron chi connectivity index (χ4n) is 1.74. The van der Waals surface area contributed by atoms with Gasteiger partial charge in [0.1, 0.15) is 0 Å². The number of unbranched alkanes of at least 4 members (excludes halogenated alkanes) is 10. The van der Waals surface area contributed by atoms with Gasteiger partial charge in [-0.15, -0.1) is 0 Å². The number of rotatable bonds is 10. The molecule has 0 heterocycles. The summed E-state index contributed by atoms with van der Waals surface area (Å²) in [5.74, 6) is 0. The van der Waals surface area contributed by atoms with E-state index >= 15 is 0 Å². The van der Waals surface area contributed by atoms with E-state index in [2.05, 4.69) is 18.0 Å². The molecule has 0 aliphatic heterocycles. The van der Waals surface area contributed by atoms with Gasteiger partial charge in [-0.3, -0.25) is 0 Å². The molecule has 0 fully saturated rings. The van der Waals surface area contributed by atoms with Crippen molar-refractivity contribution in [3.63, 3.8) is 0 Å². The van der Waals surface area contributed by atoms with Crippen LogP contribution in [0.4, 0.5) is 0 Å². The van der Waals surface area contributed by atoms with E-state index in [9.17, 15) is 5.21 Å². The first-order valence-electron chi connectivity index (χ1n) is 6.47. The normalized spacial score (nSPS) is 9.67. The second-order valence-electron chi connectivity index (χ2n) is 4.18. The molecule has 88 valence electrons. The van der Waals surface area contributed by atoms with E-state index in [-0.39, 0.29) is 0 Å². The Morgan fingerprint density at radius 3 is 1.73 bits per heavy atom. The molecule has 0 unspecified atom stereocenters. The van der Waals surface area contributed by atoms with Crippen molar-refractivity contribution in [2.24, 2.45) is 0 Å². The van der Waals surface area contributed by atoms with Gasteiger partial charge in [-0.2, -0.15) is 0 Å². The summed E-state index contributed by atoms with van der Waals surface area (Å²) in [5, 5.41) is 12.3. The Bertz CT molecular complexity index is 169. The van der Waals surface area contributed by atoms with Gasteiger partial charge in [-0.1, -0.05) is 64.7 Å². The van der Waals surface area contributed by atoms with Crippen LogP contribution in [0.25, 0.3) is 5.01 Å². The fraction of sp³-hybridized carbons (Fsp3) is 0.923. The van der Waals surface area contributed by atoms with Crippen LogP contribution in [0.3, 0.4) is 0 Å². The van der Waals surface area contributed by atoms with Crippen LogP contribution in [0.1, 0.15) is 77.6 Å². The number of hydrogen-bond acceptors (Lipinski definition) is 1. The van der Waals surface area contributed by atoms with E-state index in [4.69, 9.17) is 0 Å². The molecule has 0 atom stereocenters. The maximum Gasteiger partial charge on any atom is 0.298 e. The lowest BCUT2D eigenvalue weighted by Gasteiger charge is -2.00. The first-order valence-corrected chi connectivity index (χ1v) is 6.47. The Balaban J connectivity index is 2.88. The van der Waals surface area contributed by atoms with Crippen molar-refractivity contribution < 1.29 is 0 Å². The maximum absolute atomic E-state index is 9.70. The van der Waals surface area contributed by atoms with Crippen molar-refractivity contribution in [2.75, 3.05) is 0 Å². The molecular formula is C13H25NO. The molecule has 0 aromatic heterocycles. The summed E-state index contributed by atoms with van der Waals surface area (Å²) in [7, 11) is 0. The fourth-order valence-corrected chi connectivity index (χ4v) is 1.74. The molecule has 2 nitrogen and oxygen atoms in total. The highest BCUT2D eigenvalue weighted by molar-refractivity contribution is 4.86. The second kappa shape index (κ2) is 13.3. The molecule has 0 bridgehead atoms. The predicted molar refractivity (Wildman–Crippen MR) is 67.1 cm³/mol. The number of hydrogen-bond donors (Lipinski definition) is 0. The van der Waals surface area contributed by atoms with Crippen LogP contribution in [0.5, 0.6) is 0 Å². The van der Waals surface area contributed by atoms with Crippen molar-refractivity contribution in [3.05, 3.63) is 10.2 Å². The van der Waals surface area contributed by atoms with E-state index < -0.39 is 0 Å². The smallest absolute Gasteiger partial charge is 0.298 e. The minimum atomic E-state index is 0.736. The van der Waals surface area contributed by atoms with Crippen LogP contribution in [0, 0.1) is 11.3 Å². The molecule has 0 aliphatic rings. The van der Waals surface area contributed by atoms with Crippen LogP contribution < -0.4 is 0 Å². The average molecular weight is 211 g/mol. The molecule has 0 rings (SSSR count). The minimum absolute atomic E-state index is 0.736. The van der Waals surface area contributed by atoms with E-state index in [0.717, 1.165) is 12.8 Å². The van der Waals surface area contributed by atoms with Crippen molar-refractivity contribution in [1.29, 1.82) is 0 Å². The lowest BCUT2D eigenvalue weighted by Crippen LogP contribution is -1.81. The van der Waals surface area contributed by atoms with Crippen molar-refractivity contribution in [2.45, 2.75) is 77.6 Å². The molecule has 0 amide bonds. The highest BCUT2D eigenvalue weighted by atomic mass is 16.4. The van der Waals surface area contributed by atoms with Crippen molar-refractivity contribution >= 4 is 0 Å². The first-order chi connectivity index (χ1) is 7.41. The Morgan fingerprint density at radius 1 is 0.800 bits per heavy atom. The van der Waals surface area contributed by atoms with E-state index in [1.54, 1.807) is 0 Å². The SMILES string of the molecule is CCCCCCCCCCCCC#[N+][O-]. The van der Waals surface area contributed by atoms with Gasteiger partial charge in [0.15, 0.2) is 0 Å². The first kappa shape index (κ1) is 14.3. The molecule has 0 spiro atoms. The van der Waals surface area contributed by atoms with Crippen molar-refractivity contribution in [3.8, 4) is 6.07 Å². The summed E-state index contributed by atoms with van der Waals surface area (Å²) in [5.41, 5.74) is 0. The van der Waals surface area contributed by atoms with Gasteiger partial charge in [0.25, 0.3) is 6.07 Å². The Hall–Kier alpha value is -0.710. The van der Waals surface area contributed by atoms with E-state index in [1.807, 2.05) is 0 Å². The third kappa shape index (κ3) is 13.3. The molecule has 15 heavy (non-hydrogen) atoms. The van der Waals surface area contributed by atoms with Crippen molar-refractivity contribution in [1.82, 2.24) is 0 Å². The minimum Gasteiger partial charge on any atom is -0.498 e. The third-order valence-corrected chi connectivity index (χ3v) is 2.71. The summed E-state index contributed by atoms with van der Waals surface area (Å²) < 4.78 is 0.